The number of nitrogens with zero attached hydrogens (tertiary/aromatic N) is 3. The number of hydrogen-bond acceptors (Lipinski definition) is 5. The topological polar surface area (TPSA) is 85.4 Å². The number of H-pyrrole nitrogens is 1. The van der Waals surface area contributed by atoms with E-state index in [1.165, 1.54) is 12.1 Å². The fraction of sp³-hybridized carbons (Fsp3) is 0.240. The van der Waals surface area contributed by atoms with E-state index in [0.717, 1.165) is 17.4 Å². The standard InChI is InChI=1S/C25H19F3N4O3/c1-13-18(23-30-20-16(34-12-14-10-11-14)8-5-9-17(20)35-23)24(33)32-22(29-13)19(15-6-3-2-4-7-15)21(31-32)25(26,27)28/h2-9,14,29H,10-12H2,1H3. The molecule has 1 aliphatic rings. The smallest absolute Gasteiger partial charge is 0.435 e. The Morgan fingerprint density at radius 1 is 1.11 bits per heavy atom. The highest BCUT2D eigenvalue weighted by Gasteiger charge is 2.39. The summed E-state index contributed by atoms with van der Waals surface area (Å²) in [5, 5.41) is 3.67. The molecule has 0 unspecified atom stereocenters. The van der Waals surface area contributed by atoms with E-state index < -0.39 is 17.4 Å². The second kappa shape index (κ2) is 7.72. The normalized spacial score (nSPS) is 14.2. The average Bonchev–Trinajstić information content (AvgIpc) is 3.41. The zero-order valence-electron chi connectivity index (χ0n) is 18.5. The van der Waals surface area contributed by atoms with Crippen LogP contribution in [0.2, 0.25) is 0 Å². The molecule has 0 bridgehead atoms. The van der Waals surface area contributed by atoms with Crippen molar-refractivity contribution in [3.05, 3.63) is 70.3 Å². The van der Waals surface area contributed by atoms with Crippen molar-refractivity contribution in [3.63, 3.8) is 0 Å². The number of alkyl halides is 3. The molecule has 178 valence electrons. The predicted octanol–water partition coefficient (Wildman–Crippen LogP) is 5.61. The second-order valence-corrected chi connectivity index (χ2v) is 8.65. The lowest BCUT2D eigenvalue weighted by atomic mass is 10.1. The van der Waals surface area contributed by atoms with E-state index in [1.807, 2.05) is 0 Å². The van der Waals surface area contributed by atoms with E-state index >= 15 is 0 Å². The number of aromatic nitrogens is 4. The first-order valence-electron chi connectivity index (χ1n) is 11.1. The minimum absolute atomic E-state index is 0.00215. The van der Waals surface area contributed by atoms with Crippen LogP contribution >= 0.6 is 0 Å². The molecule has 1 aliphatic carbocycles. The Morgan fingerprint density at radius 2 is 1.89 bits per heavy atom. The summed E-state index contributed by atoms with van der Waals surface area (Å²) < 4.78 is 54.2. The van der Waals surface area contributed by atoms with Gasteiger partial charge in [0.25, 0.3) is 5.56 Å². The average molecular weight is 480 g/mol. The van der Waals surface area contributed by atoms with E-state index in [4.69, 9.17) is 9.15 Å². The van der Waals surface area contributed by atoms with Crippen molar-refractivity contribution >= 4 is 16.7 Å². The van der Waals surface area contributed by atoms with Crippen molar-refractivity contribution in [1.29, 1.82) is 0 Å². The van der Waals surface area contributed by atoms with Crippen LogP contribution in [0.5, 0.6) is 5.75 Å². The van der Waals surface area contributed by atoms with Crippen molar-refractivity contribution in [1.82, 2.24) is 19.6 Å². The number of benzene rings is 2. The number of ether oxygens (including phenoxy) is 1. The number of nitrogens with one attached hydrogen (secondary N) is 1. The molecule has 0 radical (unpaired) electrons. The monoisotopic (exact) mass is 480 g/mol. The number of rotatable bonds is 5. The van der Waals surface area contributed by atoms with Crippen LogP contribution in [0.1, 0.15) is 24.2 Å². The van der Waals surface area contributed by atoms with Gasteiger partial charge in [-0.05, 0) is 43.4 Å². The van der Waals surface area contributed by atoms with Crippen LogP contribution in [0.25, 0.3) is 39.3 Å². The van der Waals surface area contributed by atoms with Gasteiger partial charge in [0.2, 0.25) is 5.89 Å². The Kier molecular flexibility index (Phi) is 4.73. The third-order valence-electron chi connectivity index (χ3n) is 6.07. The summed E-state index contributed by atoms with van der Waals surface area (Å²) in [5.41, 5.74) is -0.720. The summed E-state index contributed by atoms with van der Waals surface area (Å²) in [6.45, 7) is 2.16. The molecule has 3 heterocycles. The number of oxazole rings is 1. The van der Waals surface area contributed by atoms with Gasteiger partial charge in [-0.15, -0.1) is 0 Å². The quantitative estimate of drug-likeness (QED) is 0.353. The lowest BCUT2D eigenvalue weighted by Crippen LogP contribution is -2.20. The minimum atomic E-state index is -4.77. The molecule has 6 rings (SSSR count). The highest BCUT2D eigenvalue weighted by Crippen LogP contribution is 2.39. The summed E-state index contributed by atoms with van der Waals surface area (Å²) >= 11 is 0. The van der Waals surface area contributed by atoms with Crippen molar-refractivity contribution in [2.45, 2.75) is 25.9 Å². The van der Waals surface area contributed by atoms with E-state index in [1.54, 1.807) is 43.3 Å². The first kappa shape index (κ1) is 21.5. The Morgan fingerprint density at radius 3 is 2.60 bits per heavy atom. The fourth-order valence-corrected chi connectivity index (χ4v) is 4.15. The van der Waals surface area contributed by atoms with Gasteiger partial charge in [-0.25, -0.2) is 4.98 Å². The van der Waals surface area contributed by atoms with Gasteiger partial charge >= 0.3 is 6.18 Å². The molecule has 1 fully saturated rings. The molecule has 7 nitrogen and oxygen atoms in total. The van der Waals surface area contributed by atoms with Crippen LogP contribution in [0.4, 0.5) is 13.2 Å². The first-order valence-corrected chi connectivity index (χ1v) is 11.1. The van der Waals surface area contributed by atoms with E-state index in [0.29, 0.717) is 35.1 Å². The van der Waals surface area contributed by atoms with Gasteiger partial charge in [0, 0.05) is 5.69 Å². The van der Waals surface area contributed by atoms with E-state index in [-0.39, 0.29) is 28.2 Å². The summed E-state index contributed by atoms with van der Waals surface area (Å²) in [4.78, 5) is 20.8. The molecular weight excluding hydrogens is 461 g/mol. The Hall–Kier alpha value is -4.08. The van der Waals surface area contributed by atoms with Crippen molar-refractivity contribution < 1.29 is 22.3 Å². The molecule has 10 heteroatoms. The maximum atomic E-state index is 13.9. The van der Waals surface area contributed by atoms with Crippen LogP contribution in [-0.2, 0) is 6.18 Å². The lowest BCUT2D eigenvalue weighted by Gasteiger charge is -2.07. The van der Waals surface area contributed by atoms with Gasteiger partial charge in [-0.3, -0.25) is 4.79 Å². The summed E-state index contributed by atoms with van der Waals surface area (Å²) in [6, 6.07) is 13.3. The third-order valence-corrected chi connectivity index (χ3v) is 6.07. The molecule has 5 aromatic rings. The molecule has 0 saturated heterocycles. The molecule has 2 aromatic carbocycles. The third kappa shape index (κ3) is 3.65. The molecular formula is C25H19F3N4O3. The molecule has 0 aliphatic heterocycles. The zero-order valence-corrected chi connectivity index (χ0v) is 18.5. The Labute approximate surface area is 196 Å². The van der Waals surface area contributed by atoms with Crippen LogP contribution in [-0.4, -0.2) is 26.2 Å². The number of aromatic amines is 1. The maximum absolute atomic E-state index is 13.9. The van der Waals surface area contributed by atoms with Gasteiger partial charge in [-0.2, -0.15) is 22.8 Å². The van der Waals surface area contributed by atoms with E-state index in [9.17, 15) is 18.0 Å². The second-order valence-electron chi connectivity index (χ2n) is 8.65. The number of halogens is 3. The molecule has 0 atom stereocenters. The Bertz CT molecular complexity index is 1630. The minimum Gasteiger partial charge on any atom is -0.491 e. The number of hydrogen-bond donors (Lipinski definition) is 1. The number of aryl methyl sites for hydroxylation is 1. The molecule has 0 amide bonds. The maximum Gasteiger partial charge on any atom is 0.435 e. The van der Waals surface area contributed by atoms with Crippen molar-refractivity contribution in [3.8, 4) is 28.3 Å². The molecule has 1 N–H and O–H groups in total. The van der Waals surface area contributed by atoms with Gasteiger partial charge in [0.05, 0.1) is 12.2 Å². The van der Waals surface area contributed by atoms with Crippen LogP contribution < -0.4 is 10.3 Å². The van der Waals surface area contributed by atoms with Gasteiger partial charge in [-0.1, -0.05) is 36.4 Å². The van der Waals surface area contributed by atoms with Crippen LogP contribution in [0.3, 0.4) is 0 Å². The largest absolute Gasteiger partial charge is 0.491 e. The summed E-state index contributed by atoms with van der Waals surface area (Å²) in [5.74, 6) is 1.04. The summed E-state index contributed by atoms with van der Waals surface area (Å²) in [7, 11) is 0. The Balaban J connectivity index is 1.54. The van der Waals surface area contributed by atoms with Crippen molar-refractivity contribution in [2.75, 3.05) is 6.61 Å². The zero-order chi connectivity index (χ0) is 24.3. The van der Waals surface area contributed by atoms with Gasteiger partial charge < -0.3 is 14.1 Å². The molecule has 35 heavy (non-hydrogen) atoms. The lowest BCUT2D eigenvalue weighted by molar-refractivity contribution is -0.140. The fourth-order valence-electron chi connectivity index (χ4n) is 4.15. The molecule has 1 saturated carbocycles. The van der Waals surface area contributed by atoms with Gasteiger partial charge in [0.15, 0.2) is 16.8 Å². The van der Waals surface area contributed by atoms with E-state index in [2.05, 4.69) is 15.1 Å². The van der Waals surface area contributed by atoms with Crippen LogP contribution in [0.15, 0.2) is 57.7 Å². The van der Waals surface area contributed by atoms with Crippen LogP contribution in [0, 0.1) is 12.8 Å². The molecule has 3 aromatic heterocycles. The van der Waals surface area contributed by atoms with Gasteiger partial charge in [0.1, 0.15) is 17.0 Å². The predicted molar refractivity (Wildman–Crippen MR) is 122 cm³/mol. The molecule has 0 spiro atoms. The number of para-hydroxylation sites is 1. The highest BCUT2D eigenvalue weighted by atomic mass is 19.4. The number of fused-ring (bicyclic) bond motifs is 2. The summed E-state index contributed by atoms with van der Waals surface area (Å²) in [6.07, 6.45) is -2.51. The SMILES string of the molecule is Cc1[nH]c2c(-c3ccccc3)c(C(F)(F)F)nn2c(=O)c1-c1nc2c(OCC3CC3)cccc2o1. The highest BCUT2D eigenvalue weighted by molar-refractivity contribution is 5.84. The first-order chi connectivity index (χ1) is 16.8. The van der Waals surface area contributed by atoms with Crippen molar-refractivity contribution in [2.24, 2.45) is 5.92 Å².